The van der Waals surface area contributed by atoms with E-state index in [2.05, 4.69) is 47.3 Å². The molecular weight excluding hydrogens is 262 g/mol. The third-order valence-corrected chi connectivity index (χ3v) is 3.42. The van der Waals surface area contributed by atoms with Crippen molar-refractivity contribution in [2.45, 2.75) is 26.3 Å². The zero-order valence-electron chi connectivity index (χ0n) is 12.3. The SMILES string of the molecule is CCCNC(c1ncccn1)c1cc2cc(C)ccc2o1. The average Bonchev–Trinajstić information content (AvgIpc) is 2.91. The lowest BCUT2D eigenvalue weighted by molar-refractivity contribution is 0.456. The first-order valence-electron chi connectivity index (χ1n) is 7.28. The normalized spacial score (nSPS) is 12.7. The van der Waals surface area contributed by atoms with Crippen LogP contribution in [0.4, 0.5) is 0 Å². The van der Waals surface area contributed by atoms with E-state index >= 15 is 0 Å². The number of benzene rings is 1. The second-order valence-electron chi connectivity index (χ2n) is 5.18. The molecule has 21 heavy (non-hydrogen) atoms. The average molecular weight is 281 g/mol. The Kier molecular flexibility index (Phi) is 3.97. The fourth-order valence-corrected chi connectivity index (χ4v) is 2.39. The van der Waals surface area contributed by atoms with Gasteiger partial charge in [-0.05, 0) is 44.2 Å². The summed E-state index contributed by atoms with van der Waals surface area (Å²) in [7, 11) is 0. The minimum atomic E-state index is -0.112. The van der Waals surface area contributed by atoms with Crippen LogP contribution in [0.15, 0.2) is 47.1 Å². The van der Waals surface area contributed by atoms with Gasteiger partial charge in [0.1, 0.15) is 17.4 Å². The van der Waals surface area contributed by atoms with Gasteiger partial charge in [0.05, 0.1) is 0 Å². The quantitative estimate of drug-likeness (QED) is 0.776. The van der Waals surface area contributed by atoms with E-state index in [4.69, 9.17) is 4.42 Å². The molecule has 0 saturated heterocycles. The summed E-state index contributed by atoms with van der Waals surface area (Å²) in [5.74, 6) is 1.59. The summed E-state index contributed by atoms with van der Waals surface area (Å²) in [6, 6.07) is 9.98. The summed E-state index contributed by atoms with van der Waals surface area (Å²) < 4.78 is 5.99. The van der Waals surface area contributed by atoms with Gasteiger partial charge in [0.2, 0.25) is 0 Å². The Balaban J connectivity index is 2.01. The lowest BCUT2D eigenvalue weighted by atomic mass is 10.1. The second-order valence-corrected chi connectivity index (χ2v) is 5.18. The maximum Gasteiger partial charge on any atom is 0.152 e. The molecule has 1 unspecified atom stereocenters. The number of furan rings is 1. The molecule has 0 bridgehead atoms. The third kappa shape index (κ3) is 2.95. The first-order valence-corrected chi connectivity index (χ1v) is 7.28. The third-order valence-electron chi connectivity index (χ3n) is 3.42. The molecule has 0 saturated carbocycles. The molecule has 3 rings (SSSR count). The van der Waals surface area contributed by atoms with Crippen LogP contribution in [0.1, 0.15) is 36.5 Å². The van der Waals surface area contributed by atoms with Crippen molar-refractivity contribution >= 4 is 11.0 Å². The topological polar surface area (TPSA) is 51.0 Å². The number of rotatable bonds is 5. The monoisotopic (exact) mass is 281 g/mol. The van der Waals surface area contributed by atoms with E-state index in [1.807, 2.05) is 12.1 Å². The van der Waals surface area contributed by atoms with Crippen molar-refractivity contribution in [3.63, 3.8) is 0 Å². The van der Waals surface area contributed by atoms with Crippen molar-refractivity contribution in [2.75, 3.05) is 6.54 Å². The lowest BCUT2D eigenvalue weighted by Crippen LogP contribution is -2.24. The highest BCUT2D eigenvalue weighted by atomic mass is 16.3. The van der Waals surface area contributed by atoms with E-state index in [0.717, 1.165) is 35.5 Å². The highest BCUT2D eigenvalue weighted by Gasteiger charge is 2.20. The summed E-state index contributed by atoms with van der Waals surface area (Å²) in [4.78, 5) is 8.72. The second kappa shape index (κ2) is 6.06. The van der Waals surface area contributed by atoms with Gasteiger partial charge in [0.25, 0.3) is 0 Å². The number of aryl methyl sites for hydroxylation is 1. The molecule has 1 N–H and O–H groups in total. The van der Waals surface area contributed by atoms with Crippen LogP contribution in [0.3, 0.4) is 0 Å². The number of aromatic nitrogens is 2. The number of fused-ring (bicyclic) bond motifs is 1. The van der Waals surface area contributed by atoms with Gasteiger partial charge in [-0.25, -0.2) is 9.97 Å². The van der Waals surface area contributed by atoms with Crippen molar-refractivity contribution in [1.29, 1.82) is 0 Å². The molecule has 0 amide bonds. The van der Waals surface area contributed by atoms with Crippen molar-refractivity contribution in [3.05, 3.63) is 59.9 Å². The molecule has 2 heterocycles. The number of nitrogens with one attached hydrogen (secondary N) is 1. The molecule has 0 spiro atoms. The minimum absolute atomic E-state index is 0.112. The van der Waals surface area contributed by atoms with E-state index in [1.165, 1.54) is 5.56 Å². The molecule has 4 heteroatoms. The molecule has 3 aromatic rings. The molecule has 1 atom stereocenters. The van der Waals surface area contributed by atoms with Crippen LogP contribution in [-0.4, -0.2) is 16.5 Å². The highest BCUT2D eigenvalue weighted by molar-refractivity contribution is 5.78. The van der Waals surface area contributed by atoms with E-state index < -0.39 is 0 Å². The molecule has 1 aromatic carbocycles. The predicted molar refractivity (Wildman–Crippen MR) is 83.1 cm³/mol. The molecule has 0 aliphatic carbocycles. The molecule has 108 valence electrons. The first kappa shape index (κ1) is 13.8. The Morgan fingerprint density at radius 2 is 2.00 bits per heavy atom. The lowest BCUT2D eigenvalue weighted by Gasteiger charge is -2.14. The van der Waals surface area contributed by atoms with Gasteiger partial charge in [-0.2, -0.15) is 0 Å². The molecule has 0 aliphatic heterocycles. The molecule has 0 aliphatic rings. The number of hydrogen-bond acceptors (Lipinski definition) is 4. The van der Waals surface area contributed by atoms with Crippen molar-refractivity contribution in [3.8, 4) is 0 Å². The fourth-order valence-electron chi connectivity index (χ4n) is 2.39. The van der Waals surface area contributed by atoms with Gasteiger partial charge in [0, 0.05) is 17.8 Å². The number of hydrogen-bond donors (Lipinski definition) is 1. The fraction of sp³-hybridized carbons (Fsp3) is 0.294. The maximum absolute atomic E-state index is 5.99. The van der Waals surface area contributed by atoms with Gasteiger partial charge in [0.15, 0.2) is 5.82 Å². The van der Waals surface area contributed by atoms with Gasteiger partial charge in [-0.3, -0.25) is 0 Å². The van der Waals surface area contributed by atoms with Crippen LogP contribution >= 0.6 is 0 Å². The summed E-state index contributed by atoms with van der Waals surface area (Å²) in [6.45, 7) is 5.11. The Bertz CT molecular complexity index is 721. The van der Waals surface area contributed by atoms with Crippen LogP contribution in [0.2, 0.25) is 0 Å². The molecule has 4 nitrogen and oxygen atoms in total. The summed E-state index contributed by atoms with van der Waals surface area (Å²) in [5, 5.41) is 4.57. The van der Waals surface area contributed by atoms with Crippen LogP contribution in [0, 0.1) is 6.92 Å². The van der Waals surface area contributed by atoms with Crippen LogP contribution < -0.4 is 5.32 Å². The minimum Gasteiger partial charge on any atom is -0.459 e. The zero-order chi connectivity index (χ0) is 14.7. The van der Waals surface area contributed by atoms with Gasteiger partial charge >= 0.3 is 0 Å². The van der Waals surface area contributed by atoms with E-state index in [0.29, 0.717) is 0 Å². The standard InChI is InChI=1S/C17H19N3O/c1-3-7-18-16(17-19-8-4-9-20-17)15-11-13-10-12(2)5-6-14(13)21-15/h4-6,8-11,16,18H,3,7H2,1-2H3. The molecule has 0 fully saturated rings. The Morgan fingerprint density at radius 1 is 1.19 bits per heavy atom. The van der Waals surface area contributed by atoms with E-state index in [1.54, 1.807) is 12.4 Å². The molecule has 2 aromatic heterocycles. The highest BCUT2D eigenvalue weighted by Crippen LogP contribution is 2.27. The smallest absolute Gasteiger partial charge is 0.152 e. The van der Waals surface area contributed by atoms with Crippen molar-refractivity contribution in [2.24, 2.45) is 0 Å². The maximum atomic E-state index is 5.99. The Labute approximate surface area is 124 Å². The largest absolute Gasteiger partial charge is 0.459 e. The molecule has 0 radical (unpaired) electrons. The predicted octanol–water partition coefficient (Wildman–Crippen LogP) is 3.62. The van der Waals surface area contributed by atoms with Gasteiger partial charge in [-0.1, -0.05) is 18.6 Å². The van der Waals surface area contributed by atoms with Crippen molar-refractivity contribution < 1.29 is 4.42 Å². The first-order chi connectivity index (χ1) is 10.3. The van der Waals surface area contributed by atoms with Crippen molar-refractivity contribution in [1.82, 2.24) is 15.3 Å². The van der Waals surface area contributed by atoms with Gasteiger partial charge in [-0.15, -0.1) is 0 Å². The summed E-state index contributed by atoms with van der Waals surface area (Å²) >= 11 is 0. The zero-order valence-corrected chi connectivity index (χ0v) is 12.3. The van der Waals surface area contributed by atoms with Crippen LogP contribution in [0.5, 0.6) is 0 Å². The molecular formula is C17H19N3O. The summed E-state index contributed by atoms with van der Waals surface area (Å²) in [6.07, 6.45) is 4.56. The van der Waals surface area contributed by atoms with E-state index in [-0.39, 0.29) is 6.04 Å². The van der Waals surface area contributed by atoms with Crippen LogP contribution in [0.25, 0.3) is 11.0 Å². The number of nitrogens with zero attached hydrogens (tertiary/aromatic N) is 2. The van der Waals surface area contributed by atoms with Gasteiger partial charge < -0.3 is 9.73 Å². The van der Waals surface area contributed by atoms with E-state index in [9.17, 15) is 0 Å². The Hall–Kier alpha value is -2.20. The Morgan fingerprint density at radius 3 is 2.76 bits per heavy atom. The van der Waals surface area contributed by atoms with Crippen LogP contribution in [-0.2, 0) is 0 Å². The summed E-state index contributed by atoms with van der Waals surface area (Å²) in [5.41, 5.74) is 2.12.